The summed E-state index contributed by atoms with van der Waals surface area (Å²) in [5.74, 6) is 0. The molecule has 0 aliphatic carbocycles. The van der Waals surface area contributed by atoms with Gasteiger partial charge in [0.15, 0.2) is 0 Å². The number of allylic oxidation sites excluding steroid dienone is 2. The highest BCUT2D eigenvalue weighted by Crippen LogP contribution is 2.03. The van der Waals surface area contributed by atoms with Crippen LogP contribution in [0.3, 0.4) is 0 Å². The van der Waals surface area contributed by atoms with Crippen molar-refractivity contribution in [3.63, 3.8) is 0 Å². The van der Waals surface area contributed by atoms with Crippen molar-refractivity contribution >= 4 is 34.7 Å². The Morgan fingerprint density at radius 3 is 2.12 bits per heavy atom. The third-order valence-electron chi connectivity index (χ3n) is 0.424. The molecule has 4 heteroatoms. The fourth-order valence-corrected chi connectivity index (χ4v) is 0.247. The van der Waals surface area contributed by atoms with Gasteiger partial charge >= 0.3 is 0 Å². The first-order valence-corrected chi connectivity index (χ1v) is 2.49. The van der Waals surface area contributed by atoms with E-state index in [-0.39, 0.29) is 10.2 Å². The molecule has 44 valence electrons. The van der Waals surface area contributed by atoms with Crippen LogP contribution < -0.4 is 0 Å². The minimum absolute atomic E-state index is 0.0401. The van der Waals surface area contributed by atoms with Crippen molar-refractivity contribution in [2.75, 3.05) is 0 Å². The SMILES string of the molecule is N=C(Cl)/C(Cl)=C\C=O. The summed E-state index contributed by atoms with van der Waals surface area (Å²) in [4.78, 5) is 9.60. The third kappa shape index (κ3) is 2.77. The molecule has 0 fully saturated rings. The van der Waals surface area contributed by atoms with E-state index in [9.17, 15) is 4.79 Å². The number of carbonyl (C=O) groups excluding carboxylic acids is 1. The minimum Gasteiger partial charge on any atom is -0.299 e. The van der Waals surface area contributed by atoms with E-state index < -0.39 is 0 Å². The first-order chi connectivity index (χ1) is 3.68. The molecule has 8 heavy (non-hydrogen) atoms. The second-order valence-electron chi connectivity index (χ2n) is 0.965. The zero-order chi connectivity index (χ0) is 6.57. The molecular formula is C4H3Cl2NO. The normalized spacial score (nSPS) is 11.0. The van der Waals surface area contributed by atoms with E-state index in [1.807, 2.05) is 0 Å². The van der Waals surface area contributed by atoms with Crippen LogP contribution in [0.4, 0.5) is 0 Å². The summed E-state index contributed by atoms with van der Waals surface area (Å²) in [5, 5.41) is 6.25. The van der Waals surface area contributed by atoms with Crippen LogP contribution in [0.5, 0.6) is 0 Å². The Morgan fingerprint density at radius 1 is 1.50 bits per heavy atom. The average Bonchev–Trinajstić information content (AvgIpc) is 1.67. The molecule has 0 aromatic heterocycles. The number of halogens is 2. The Balaban J connectivity index is 3.99. The molecule has 0 aromatic rings. The largest absolute Gasteiger partial charge is 0.299 e. The minimum atomic E-state index is -0.321. The van der Waals surface area contributed by atoms with Crippen molar-refractivity contribution < 1.29 is 4.79 Å². The summed E-state index contributed by atoms with van der Waals surface area (Å²) in [5.41, 5.74) is 0. The molecule has 0 heterocycles. The summed E-state index contributed by atoms with van der Waals surface area (Å²) in [6, 6.07) is 0. The van der Waals surface area contributed by atoms with Crippen molar-refractivity contribution in [1.82, 2.24) is 0 Å². The van der Waals surface area contributed by atoms with Crippen molar-refractivity contribution in [3.05, 3.63) is 11.1 Å². The van der Waals surface area contributed by atoms with Gasteiger partial charge in [-0.1, -0.05) is 23.2 Å². The molecule has 0 aromatic carbocycles. The highest BCUT2D eigenvalue weighted by molar-refractivity contribution is 6.75. The molecule has 0 atom stereocenters. The maximum Gasteiger partial charge on any atom is 0.144 e. The van der Waals surface area contributed by atoms with E-state index in [0.29, 0.717) is 6.29 Å². The predicted molar refractivity (Wildman–Crippen MR) is 33.6 cm³/mol. The first-order valence-electron chi connectivity index (χ1n) is 1.74. The number of hydrogen-bond donors (Lipinski definition) is 1. The summed E-state index contributed by atoms with van der Waals surface area (Å²) in [6.07, 6.45) is 1.48. The Bertz CT molecular complexity index is 141. The number of aldehydes is 1. The molecule has 0 radical (unpaired) electrons. The van der Waals surface area contributed by atoms with Gasteiger partial charge in [-0.25, -0.2) is 0 Å². The van der Waals surface area contributed by atoms with Crippen LogP contribution in [0.25, 0.3) is 0 Å². The zero-order valence-electron chi connectivity index (χ0n) is 3.82. The lowest BCUT2D eigenvalue weighted by atomic mass is 10.5. The molecule has 1 N–H and O–H groups in total. The van der Waals surface area contributed by atoms with E-state index in [0.717, 1.165) is 6.08 Å². The predicted octanol–water partition coefficient (Wildman–Crippen LogP) is 1.52. The number of hydrogen-bond acceptors (Lipinski definition) is 2. The van der Waals surface area contributed by atoms with Gasteiger partial charge in [0.25, 0.3) is 0 Å². The maximum absolute atomic E-state index is 9.60. The monoisotopic (exact) mass is 151 g/mol. The van der Waals surface area contributed by atoms with Gasteiger partial charge in [-0.3, -0.25) is 10.2 Å². The van der Waals surface area contributed by atoms with Gasteiger partial charge in [-0.05, 0) is 6.08 Å². The summed E-state index contributed by atoms with van der Waals surface area (Å²) in [7, 11) is 0. The molecule has 2 nitrogen and oxygen atoms in total. The second-order valence-corrected chi connectivity index (χ2v) is 1.75. The van der Waals surface area contributed by atoms with E-state index in [1.54, 1.807) is 0 Å². The highest BCUT2D eigenvalue weighted by Gasteiger charge is 1.92. The number of rotatable bonds is 2. The number of nitrogens with one attached hydrogen (secondary N) is 1. The molecular weight excluding hydrogens is 149 g/mol. The Kier molecular flexibility index (Phi) is 3.48. The lowest BCUT2D eigenvalue weighted by Gasteiger charge is -1.83. The zero-order valence-corrected chi connectivity index (χ0v) is 5.33. The fraction of sp³-hybridized carbons (Fsp3) is 0. The third-order valence-corrected chi connectivity index (χ3v) is 1.04. The van der Waals surface area contributed by atoms with Gasteiger partial charge in [-0.15, -0.1) is 0 Å². The lowest BCUT2D eigenvalue weighted by Crippen LogP contribution is -1.82. The quantitative estimate of drug-likeness (QED) is 0.363. The standard InChI is InChI=1S/C4H3Cl2NO/c5-3(1-2-8)4(6)7/h1-2,7H/b3-1+,7-4?. The van der Waals surface area contributed by atoms with Gasteiger partial charge in [0.2, 0.25) is 0 Å². The van der Waals surface area contributed by atoms with Crippen molar-refractivity contribution in [1.29, 1.82) is 5.41 Å². The van der Waals surface area contributed by atoms with Gasteiger partial charge in [0.05, 0.1) is 5.03 Å². The van der Waals surface area contributed by atoms with E-state index in [1.165, 1.54) is 0 Å². The second kappa shape index (κ2) is 3.64. The average molecular weight is 152 g/mol. The molecule has 0 aliphatic rings. The molecule has 0 unspecified atom stereocenters. The molecule has 0 saturated carbocycles. The van der Waals surface area contributed by atoms with Crippen LogP contribution in [-0.4, -0.2) is 11.5 Å². The van der Waals surface area contributed by atoms with Gasteiger partial charge < -0.3 is 0 Å². The van der Waals surface area contributed by atoms with Gasteiger partial charge in [0, 0.05) is 0 Å². The molecule has 0 spiro atoms. The summed E-state index contributed by atoms with van der Waals surface area (Å²) >= 11 is 10.2. The van der Waals surface area contributed by atoms with Crippen LogP contribution in [0.2, 0.25) is 0 Å². The highest BCUT2D eigenvalue weighted by atomic mass is 35.5. The van der Waals surface area contributed by atoms with Crippen LogP contribution in [0.1, 0.15) is 0 Å². The summed E-state index contributed by atoms with van der Waals surface area (Å²) < 4.78 is 0. The van der Waals surface area contributed by atoms with Crippen LogP contribution in [0, 0.1) is 5.41 Å². The fourth-order valence-electron chi connectivity index (χ4n) is 0.133. The molecule has 0 aliphatic heterocycles. The molecule has 0 rings (SSSR count). The van der Waals surface area contributed by atoms with Crippen molar-refractivity contribution in [3.8, 4) is 0 Å². The molecule has 0 bridgehead atoms. The Morgan fingerprint density at radius 2 is 2.00 bits per heavy atom. The molecule has 0 amide bonds. The Hall–Kier alpha value is -0.340. The Labute approximate surface area is 56.6 Å². The van der Waals surface area contributed by atoms with Crippen LogP contribution >= 0.6 is 23.2 Å². The topological polar surface area (TPSA) is 40.9 Å². The van der Waals surface area contributed by atoms with Crippen molar-refractivity contribution in [2.45, 2.75) is 0 Å². The van der Waals surface area contributed by atoms with Crippen LogP contribution in [-0.2, 0) is 4.79 Å². The smallest absolute Gasteiger partial charge is 0.144 e. The summed E-state index contributed by atoms with van der Waals surface area (Å²) in [6.45, 7) is 0. The number of carbonyl (C=O) groups is 1. The van der Waals surface area contributed by atoms with E-state index in [4.69, 9.17) is 28.6 Å². The first kappa shape index (κ1) is 7.66. The van der Waals surface area contributed by atoms with E-state index >= 15 is 0 Å². The lowest BCUT2D eigenvalue weighted by molar-refractivity contribution is -0.104. The van der Waals surface area contributed by atoms with Gasteiger partial charge in [0.1, 0.15) is 11.5 Å². The van der Waals surface area contributed by atoms with Gasteiger partial charge in [-0.2, -0.15) is 0 Å². The van der Waals surface area contributed by atoms with E-state index in [2.05, 4.69) is 0 Å². The van der Waals surface area contributed by atoms with Crippen molar-refractivity contribution in [2.24, 2.45) is 0 Å². The maximum atomic E-state index is 9.60. The van der Waals surface area contributed by atoms with Crippen LogP contribution in [0.15, 0.2) is 11.1 Å². The molecule has 0 saturated heterocycles.